The number of benzene rings is 1. The number of fused-ring (bicyclic) bond motifs is 1. The second-order valence-electron chi connectivity index (χ2n) is 4.46. The first kappa shape index (κ1) is 10.1. The number of nitrogens with zero attached hydrogens (tertiary/aromatic N) is 2. The molecule has 2 nitrogen and oxygen atoms in total. The van der Waals surface area contributed by atoms with Crippen LogP contribution in [0.3, 0.4) is 0 Å². The Bertz CT molecular complexity index is 663. The molecule has 0 atom stereocenters. The predicted octanol–water partition coefficient (Wildman–Crippen LogP) is 3.62. The molecule has 0 saturated carbocycles. The molecule has 0 bridgehead atoms. The Morgan fingerprint density at radius 1 is 0.941 bits per heavy atom. The molecule has 0 aliphatic heterocycles. The molecular formula is C15H14N2. The van der Waals surface area contributed by atoms with Crippen molar-refractivity contribution in [1.29, 1.82) is 0 Å². The van der Waals surface area contributed by atoms with Gasteiger partial charge >= 0.3 is 0 Å². The molecule has 2 aromatic heterocycles. The fraction of sp³-hybridized carbons (Fsp3) is 0.133. The second kappa shape index (κ2) is 3.74. The first-order chi connectivity index (χ1) is 8.22. The van der Waals surface area contributed by atoms with Crippen molar-refractivity contribution in [2.45, 2.75) is 13.8 Å². The van der Waals surface area contributed by atoms with E-state index in [0.29, 0.717) is 0 Å². The molecule has 0 amide bonds. The van der Waals surface area contributed by atoms with E-state index in [1.165, 1.54) is 11.1 Å². The van der Waals surface area contributed by atoms with Crippen LogP contribution in [-0.2, 0) is 0 Å². The number of aryl methyl sites for hydroxylation is 2. The monoisotopic (exact) mass is 222 g/mol. The lowest BCUT2D eigenvalue weighted by molar-refractivity contribution is 1.17. The number of pyridine rings is 1. The van der Waals surface area contributed by atoms with Gasteiger partial charge in [-0.3, -0.25) is 0 Å². The van der Waals surface area contributed by atoms with E-state index in [4.69, 9.17) is 0 Å². The summed E-state index contributed by atoms with van der Waals surface area (Å²) in [5.74, 6) is 0. The highest BCUT2D eigenvalue weighted by Crippen LogP contribution is 2.19. The Hall–Kier alpha value is -2.09. The van der Waals surface area contributed by atoms with Crippen LogP contribution in [0.4, 0.5) is 0 Å². The van der Waals surface area contributed by atoms with E-state index in [9.17, 15) is 0 Å². The van der Waals surface area contributed by atoms with E-state index in [0.717, 1.165) is 16.9 Å². The Morgan fingerprint density at radius 3 is 2.47 bits per heavy atom. The SMILES string of the molecule is Cc1ccc(-c2cn3ccc(C)cc3n2)cc1. The van der Waals surface area contributed by atoms with Gasteiger partial charge in [0.15, 0.2) is 0 Å². The molecule has 0 saturated heterocycles. The van der Waals surface area contributed by atoms with Crippen LogP contribution in [0.5, 0.6) is 0 Å². The molecule has 0 N–H and O–H groups in total. The molecule has 3 aromatic rings. The molecule has 0 spiro atoms. The molecule has 0 fully saturated rings. The molecule has 17 heavy (non-hydrogen) atoms. The molecular weight excluding hydrogens is 208 g/mol. The Balaban J connectivity index is 2.14. The largest absolute Gasteiger partial charge is 0.306 e. The maximum atomic E-state index is 4.64. The zero-order chi connectivity index (χ0) is 11.8. The van der Waals surface area contributed by atoms with Crippen molar-refractivity contribution in [3.8, 4) is 11.3 Å². The molecule has 0 aliphatic carbocycles. The van der Waals surface area contributed by atoms with Crippen molar-refractivity contribution in [3.05, 3.63) is 59.9 Å². The van der Waals surface area contributed by atoms with Gasteiger partial charge in [0.2, 0.25) is 0 Å². The van der Waals surface area contributed by atoms with Crippen LogP contribution < -0.4 is 0 Å². The number of rotatable bonds is 1. The Kier molecular flexibility index (Phi) is 2.22. The average molecular weight is 222 g/mol. The summed E-state index contributed by atoms with van der Waals surface area (Å²) in [5.41, 5.74) is 5.69. The van der Waals surface area contributed by atoms with Crippen molar-refractivity contribution in [3.63, 3.8) is 0 Å². The summed E-state index contributed by atoms with van der Waals surface area (Å²) in [4.78, 5) is 4.64. The number of hydrogen-bond acceptors (Lipinski definition) is 1. The fourth-order valence-corrected chi connectivity index (χ4v) is 1.95. The van der Waals surface area contributed by atoms with Crippen LogP contribution in [0.15, 0.2) is 48.8 Å². The van der Waals surface area contributed by atoms with E-state index in [-0.39, 0.29) is 0 Å². The van der Waals surface area contributed by atoms with E-state index in [1.807, 2.05) is 0 Å². The van der Waals surface area contributed by atoms with Gasteiger partial charge in [0.05, 0.1) is 5.69 Å². The minimum Gasteiger partial charge on any atom is -0.306 e. The zero-order valence-electron chi connectivity index (χ0n) is 10.0. The molecule has 2 heterocycles. The molecule has 1 aromatic carbocycles. The van der Waals surface area contributed by atoms with Gasteiger partial charge in [-0.2, -0.15) is 0 Å². The van der Waals surface area contributed by atoms with E-state index < -0.39 is 0 Å². The van der Waals surface area contributed by atoms with Crippen molar-refractivity contribution < 1.29 is 0 Å². The van der Waals surface area contributed by atoms with Crippen LogP contribution in [0.1, 0.15) is 11.1 Å². The highest BCUT2D eigenvalue weighted by Gasteiger charge is 2.03. The fourth-order valence-electron chi connectivity index (χ4n) is 1.95. The van der Waals surface area contributed by atoms with Gasteiger partial charge in [-0.1, -0.05) is 29.8 Å². The number of imidazole rings is 1. The summed E-state index contributed by atoms with van der Waals surface area (Å²) < 4.78 is 2.06. The highest BCUT2D eigenvalue weighted by molar-refractivity contribution is 5.63. The standard InChI is InChI=1S/C15H14N2/c1-11-3-5-13(6-4-11)14-10-17-8-7-12(2)9-15(17)16-14/h3-10H,1-2H3. The zero-order valence-corrected chi connectivity index (χ0v) is 10.0. The lowest BCUT2D eigenvalue weighted by Crippen LogP contribution is -1.81. The lowest BCUT2D eigenvalue weighted by Gasteiger charge is -1.96. The smallest absolute Gasteiger partial charge is 0.137 e. The van der Waals surface area contributed by atoms with Crippen LogP contribution in [0.25, 0.3) is 16.9 Å². The van der Waals surface area contributed by atoms with Gasteiger partial charge in [0.1, 0.15) is 5.65 Å². The summed E-state index contributed by atoms with van der Waals surface area (Å²) in [6.45, 7) is 4.18. The van der Waals surface area contributed by atoms with Gasteiger partial charge in [0, 0.05) is 18.0 Å². The highest BCUT2D eigenvalue weighted by atomic mass is 15.0. The maximum absolute atomic E-state index is 4.64. The predicted molar refractivity (Wildman–Crippen MR) is 70.1 cm³/mol. The molecule has 2 heteroatoms. The molecule has 3 rings (SSSR count). The lowest BCUT2D eigenvalue weighted by atomic mass is 10.1. The first-order valence-electron chi connectivity index (χ1n) is 5.75. The van der Waals surface area contributed by atoms with E-state index >= 15 is 0 Å². The van der Waals surface area contributed by atoms with Gasteiger partial charge in [-0.15, -0.1) is 0 Å². The van der Waals surface area contributed by atoms with Crippen LogP contribution in [0, 0.1) is 13.8 Å². The third-order valence-corrected chi connectivity index (χ3v) is 2.96. The van der Waals surface area contributed by atoms with Gasteiger partial charge in [-0.05, 0) is 31.5 Å². The topological polar surface area (TPSA) is 17.3 Å². The molecule has 84 valence electrons. The van der Waals surface area contributed by atoms with E-state index in [2.05, 4.69) is 72.0 Å². The maximum Gasteiger partial charge on any atom is 0.137 e. The van der Waals surface area contributed by atoms with Crippen LogP contribution >= 0.6 is 0 Å². The van der Waals surface area contributed by atoms with Crippen LogP contribution in [0.2, 0.25) is 0 Å². The van der Waals surface area contributed by atoms with Gasteiger partial charge in [-0.25, -0.2) is 4.98 Å². The third kappa shape index (κ3) is 1.82. The normalized spacial score (nSPS) is 10.9. The Labute approximate surface area is 101 Å². The van der Waals surface area contributed by atoms with Crippen molar-refractivity contribution >= 4 is 5.65 Å². The summed E-state index contributed by atoms with van der Waals surface area (Å²) >= 11 is 0. The van der Waals surface area contributed by atoms with Crippen molar-refractivity contribution in [2.75, 3.05) is 0 Å². The minimum atomic E-state index is 1.00. The van der Waals surface area contributed by atoms with Gasteiger partial charge < -0.3 is 4.40 Å². The van der Waals surface area contributed by atoms with Crippen LogP contribution in [-0.4, -0.2) is 9.38 Å². The molecule has 0 aliphatic rings. The quantitative estimate of drug-likeness (QED) is 0.614. The second-order valence-corrected chi connectivity index (χ2v) is 4.46. The summed E-state index contributed by atoms with van der Waals surface area (Å²) in [7, 11) is 0. The summed E-state index contributed by atoms with van der Waals surface area (Å²) in [6.07, 6.45) is 4.12. The van der Waals surface area contributed by atoms with Crippen molar-refractivity contribution in [2.24, 2.45) is 0 Å². The summed E-state index contributed by atoms with van der Waals surface area (Å²) in [5, 5.41) is 0. The van der Waals surface area contributed by atoms with Gasteiger partial charge in [0.25, 0.3) is 0 Å². The summed E-state index contributed by atoms with van der Waals surface area (Å²) in [6, 6.07) is 12.6. The minimum absolute atomic E-state index is 1.00. The third-order valence-electron chi connectivity index (χ3n) is 2.96. The number of hydrogen-bond donors (Lipinski definition) is 0. The average Bonchev–Trinajstić information content (AvgIpc) is 2.72. The first-order valence-corrected chi connectivity index (χ1v) is 5.75. The molecule has 0 unspecified atom stereocenters. The Morgan fingerprint density at radius 2 is 1.71 bits per heavy atom. The van der Waals surface area contributed by atoms with E-state index in [1.54, 1.807) is 0 Å². The molecule has 0 radical (unpaired) electrons. The number of aromatic nitrogens is 2. The van der Waals surface area contributed by atoms with Crippen molar-refractivity contribution in [1.82, 2.24) is 9.38 Å².